The van der Waals surface area contributed by atoms with E-state index in [1.54, 1.807) is 24.1 Å². The van der Waals surface area contributed by atoms with Gasteiger partial charge in [0.2, 0.25) is 5.91 Å². The molecule has 0 bridgehead atoms. The molecule has 2 aliphatic heterocycles. The highest BCUT2D eigenvalue weighted by Gasteiger charge is 2.42. The number of likely N-dealkylation sites (N-methyl/N-ethyl adjacent to an activating group) is 1. The molecule has 0 aromatic carbocycles. The first-order valence-electron chi connectivity index (χ1n) is 8.78. The number of rotatable bonds is 1. The first kappa shape index (κ1) is 17.7. The summed E-state index contributed by atoms with van der Waals surface area (Å²) in [4.78, 5) is 41.2. The SMILES string of the molecule is Cc1ccc(C(=O)N2CCN(C)[C@@]3(CCNC(=O)CC3)C2)c(=O)n1C. The van der Waals surface area contributed by atoms with Crippen molar-refractivity contribution in [1.82, 2.24) is 19.7 Å². The number of nitrogens with one attached hydrogen (secondary N) is 1. The largest absolute Gasteiger partial charge is 0.356 e. The summed E-state index contributed by atoms with van der Waals surface area (Å²) in [5.41, 5.74) is 0.583. The number of piperazine rings is 1. The highest BCUT2D eigenvalue weighted by molar-refractivity contribution is 5.94. The lowest BCUT2D eigenvalue weighted by atomic mass is 9.86. The molecule has 0 unspecified atom stereocenters. The fraction of sp³-hybridized carbons (Fsp3) is 0.611. The predicted molar refractivity (Wildman–Crippen MR) is 94.5 cm³/mol. The number of nitrogens with zero attached hydrogens (tertiary/aromatic N) is 3. The average molecular weight is 346 g/mol. The third-order valence-electron chi connectivity index (χ3n) is 5.80. The second-order valence-corrected chi connectivity index (χ2v) is 7.23. The van der Waals surface area contributed by atoms with Crippen LogP contribution in [0.25, 0.3) is 0 Å². The molecule has 7 heteroatoms. The number of hydrogen-bond donors (Lipinski definition) is 1. The molecule has 3 heterocycles. The lowest BCUT2D eigenvalue weighted by Crippen LogP contribution is -2.62. The van der Waals surface area contributed by atoms with E-state index in [0.717, 1.165) is 25.1 Å². The Bertz CT molecular complexity index is 757. The Balaban J connectivity index is 1.86. The molecular formula is C18H26N4O3. The van der Waals surface area contributed by atoms with Crippen molar-refractivity contribution in [1.29, 1.82) is 0 Å². The van der Waals surface area contributed by atoms with Crippen LogP contribution in [0.2, 0.25) is 0 Å². The van der Waals surface area contributed by atoms with E-state index in [2.05, 4.69) is 17.3 Å². The first-order chi connectivity index (χ1) is 11.8. The monoisotopic (exact) mass is 346 g/mol. The Labute approximate surface area is 147 Å². The van der Waals surface area contributed by atoms with Gasteiger partial charge >= 0.3 is 0 Å². The second kappa shape index (κ2) is 6.63. The van der Waals surface area contributed by atoms with Gasteiger partial charge in [-0.05, 0) is 38.9 Å². The van der Waals surface area contributed by atoms with Crippen LogP contribution in [0.5, 0.6) is 0 Å². The van der Waals surface area contributed by atoms with Crippen LogP contribution >= 0.6 is 0 Å². The maximum Gasteiger partial charge on any atom is 0.263 e. The maximum absolute atomic E-state index is 13.0. The zero-order valence-electron chi connectivity index (χ0n) is 15.2. The van der Waals surface area contributed by atoms with Gasteiger partial charge in [0.05, 0.1) is 0 Å². The van der Waals surface area contributed by atoms with Gasteiger partial charge in [-0.3, -0.25) is 19.3 Å². The molecule has 2 fully saturated rings. The summed E-state index contributed by atoms with van der Waals surface area (Å²) < 4.78 is 1.51. The summed E-state index contributed by atoms with van der Waals surface area (Å²) >= 11 is 0. The van der Waals surface area contributed by atoms with Crippen molar-refractivity contribution in [2.75, 3.05) is 33.2 Å². The zero-order valence-corrected chi connectivity index (χ0v) is 15.2. The minimum atomic E-state index is -0.254. The molecule has 0 saturated carbocycles. The van der Waals surface area contributed by atoms with Crippen LogP contribution in [-0.2, 0) is 11.8 Å². The standard InChI is InChI=1S/C18H26N4O3/c1-13-4-5-14(16(24)21(13)3)17(25)22-11-10-20(2)18(12-22)7-6-15(23)19-9-8-18/h4-5H,6-12H2,1-3H3,(H,19,23)/t18-/m0/s1. The second-order valence-electron chi connectivity index (χ2n) is 7.23. The summed E-state index contributed by atoms with van der Waals surface area (Å²) in [6.45, 7) is 4.35. The quantitative estimate of drug-likeness (QED) is 0.784. The summed E-state index contributed by atoms with van der Waals surface area (Å²) in [5.74, 6) is -0.141. The van der Waals surface area contributed by atoms with Crippen LogP contribution in [0.4, 0.5) is 0 Å². The van der Waals surface area contributed by atoms with E-state index in [9.17, 15) is 14.4 Å². The summed E-state index contributed by atoms with van der Waals surface area (Å²) in [6.07, 6.45) is 2.01. The van der Waals surface area contributed by atoms with Gasteiger partial charge in [-0.15, -0.1) is 0 Å². The molecule has 1 aromatic rings. The Morgan fingerprint density at radius 3 is 2.68 bits per heavy atom. The van der Waals surface area contributed by atoms with E-state index in [0.29, 0.717) is 26.1 Å². The van der Waals surface area contributed by atoms with Crippen LogP contribution in [0.1, 0.15) is 35.3 Å². The zero-order chi connectivity index (χ0) is 18.2. The highest BCUT2D eigenvalue weighted by Crippen LogP contribution is 2.30. The molecule has 136 valence electrons. The van der Waals surface area contributed by atoms with Crippen LogP contribution in [0.15, 0.2) is 16.9 Å². The summed E-state index contributed by atoms with van der Waals surface area (Å²) in [5, 5.41) is 2.91. The van der Waals surface area contributed by atoms with Crippen molar-refractivity contribution >= 4 is 11.8 Å². The number of aromatic nitrogens is 1. The molecule has 0 radical (unpaired) electrons. The van der Waals surface area contributed by atoms with Gasteiger partial charge in [0, 0.05) is 50.9 Å². The van der Waals surface area contributed by atoms with E-state index in [1.807, 2.05) is 6.92 Å². The lowest BCUT2D eigenvalue weighted by molar-refractivity contribution is -0.121. The minimum Gasteiger partial charge on any atom is -0.356 e. The molecule has 0 aliphatic carbocycles. The Morgan fingerprint density at radius 2 is 1.92 bits per heavy atom. The molecule has 25 heavy (non-hydrogen) atoms. The number of carbonyl (C=O) groups excluding carboxylic acids is 2. The average Bonchev–Trinajstić information content (AvgIpc) is 2.77. The highest BCUT2D eigenvalue weighted by atomic mass is 16.2. The first-order valence-corrected chi connectivity index (χ1v) is 8.78. The predicted octanol–water partition coefficient (Wildman–Crippen LogP) is 0.120. The Kier molecular flexibility index (Phi) is 4.69. The molecule has 1 atom stereocenters. The molecule has 3 rings (SSSR count). The number of amides is 2. The van der Waals surface area contributed by atoms with Gasteiger partial charge < -0.3 is 14.8 Å². The number of hydrogen-bond acceptors (Lipinski definition) is 4. The maximum atomic E-state index is 13.0. The van der Waals surface area contributed by atoms with Crippen LogP contribution < -0.4 is 10.9 Å². The minimum absolute atomic E-state index is 0.0705. The Morgan fingerprint density at radius 1 is 1.16 bits per heavy atom. The third-order valence-corrected chi connectivity index (χ3v) is 5.80. The van der Waals surface area contributed by atoms with Gasteiger partial charge in [-0.1, -0.05) is 0 Å². The number of pyridine rings is 1. The fourth-order valence-electron chi connectivity index (χ4n) is 3.83. The molecule has 1 spiro atoms. The number of aryl methyl sites for hydroxylation is 1. The van der Waals surface area contributed by atoms with Crippen LogP contribution in [0.3, 0.4) is 0 Å². The van der Waals surface area contributed by atoms with Crippen LogP contribution in [0, 0.1) is 6.92 Å². The van der Waals surface area contributed by atoms with E-state index >= 15 is 0 Å². The molecule has 2 saturated heterocycles. The number of carbonyl (C=O) groups is 2. The van der Waals surface area contributed by atoms with Crippen LogP contribution in [-0.4, -0.2) is 64.9 Å². The van der Waals surface area contributed by atoms with Crippen molar-refractivity contribution in [3.8, 4) is 0 Å². The van der Waals surface area contributed by atoms with Gasteiger partial charge in [0.25, 0.3) is 11.5 Å². The molecule has 2 amide bonds. The van der Waals surface area contributed by atoms with E-state index in [-0.39, 0.29) is 28.5 Å². The lowest BCUT2D eigenvalue weighted by Gasteiger charge is -2.49. The molecule has 7 nitrogen and oxygen atoms in total. The van der Waals surface area contributed by atoms with E-state index < -0.39 is 0 Å². The molecule has 2 aliphatic rings. The topological polar surface area (TPSA) is 74.7 Å². The molecule has 1 N–H and O–H groups in total. The molecular weight excluding hydrogens is 320 g/mol. The van der Waals surface area contributed by atoms with Gasteiger partial charge in [0.15, 0.2) is 0 Å². The van der Waals surface area contributed by atoms with Crippen molar-refractivity contribution in [2.45, 2.75) is 31.7 Å². The van der Waals surface area contributed by atoms with Crippen molar-refractivity contribution in [3.63, 3.8) is 0 Å². The van der Waals surface area contributed by atoms with Crippen molar-refractivity contribution in [2.24, 2.45) is 7.05 Å². The smallest absolute Gasteiger partial charge is 0.263 e. The van der Waals surface area contributed by atoms with Gasteiger partial charge in [-0.2, -0.15) is 0 Å². The van der Waals surface area contributed by atoms with E-state index in [1.165, 1.54) is 4.57 Å². The summed E-state index contributed by atoms with van der Waals surface area (Å²) in [6, 6.07) is 3.43. The third kappa shape index (κ3) is 3.20. The van der Waals surface area contributed by atoms with Gasteiger partial charge in [-0.25, -0.2) is 0 Å². The van der Waals surface area contributed by atoms with Crippen molar-refractivity contribution in [3.05, 3.63) is 33.7 Å². The Hall–Kier alpha value is -2.15. The molecule has 1 aromatic heterocycles. The fourth-order valence-corrected chi connectivity index (χ4v) is 3.83. The normalized spacial score (nSPS) is 24.9. The van der Waals surface area contributed by atoms with Crippen molar-refractivity contribution < 1.29 is 9.59 Å². The summed E-state index contributed by atoms with van der Waals surface area (Å²) in [7, 11) is 3.74. The van der Waals surface area contributed by atoms with Gasteiger partial charge in [0.1, 0.15) is 5.56 Å². The van der Waals surface area contributed by atoms with E-state index in [4.69, 9.17) is 0 Å².